The van der Waals surface area contributed by atoms with Crippen molar-refractivity contribution in [1.29, 1.82) is 0 Å². The Balaban J connectivity index is 2.42. The molecule has 1 aromatic rings. The van der Waals surface area contributed by atoms with E-state index in [0.717, 1.165) is 5.56 Å². The molecule has 0 aliphatic rings. The van der Waals surface area contributed by atoms with Gasteiger partial charge in [-0.2, -0.15) is 0 Å². The van der Waals surface area contributed by atoms with Crippen molar-refractivity contribution in [3.63, 3.8) is 0 Å². The number of esters is 1. The first-order valence-corrected chi connectivity index (χ1v) is 5.35. The van der Waals surface area contributed by atoms with Crippen molar-refractivity contribution < 1.29 is 19.1 Å². The van der Waals surface area contributed by atoms with Crippen LogP contribution in [0.15, 0.2) is 43.0 Å². The van der Waals surface area contributed by atoms with Gasteiger partial charge in [-0.1, -0.05) is 36.4 Å². The lowest BCUT2D eigenvalue weighted by Crippen LogP contribution is -2.40. The average Bonchev–Trinajstić information content (AvgIpc) is 2.42. The summed E-state index contributed by atoms with van der Waals surface area (Å²) in [4.78, 5) is 22.6. The second-order valence-electron chi connectivity index (χ2n) is 3.44. The molecule has 0 heterocycles. The van der Waals surface area contributed by atoms with E-state index in [2.05, 4.69) is 16.6 Å². The molecule has 0 aromatic heterocycles. The fraction of sp³-hybridized carbons (Fsp3) is 0.231. The van der Waals surface area contributed by atoms with Crippen LogP contribution in [0.3, 0.4) is 0 Å². The first kappa shape index (κ1) is 13.8. The number of alkyl carbamates (subject to hydrolysis) is 1. The van der Waals surface area contributed by atoms with Crippen molar-refractivity contribution in [1.82, 2.24) is 5.32 Å². The normalized spacial score (nSPS) is 11.2. The van der Waals surface area contributed by atoms with Gasteiger partial charge in [0.1, 0.15) is 12.6 Å². The predicted molar refractivity (Wildman–Crippen MR) is 65.8 cm³/mol. The third-order valence-corrected chi connectivity index (χ3v) is 2.18. The molecule has 0 aliphatic heterocycles. The second kappa shape index (κ2) is 7.11. The Morgan fingerprint density at radius 3 is 2.61 bits per heavy atom. The van der Waals surface area contributed by atoms with Crippen LogP contribution in [0.25, 0.3) is 0 Å². The zero-order valence-corrected chi connectivity index (χ0v) is 10.1. The van der Waals surface area contributed by atoms with Crippen molar-refractivity contribution >= 4 is 12.1 Å². The Morgan fingerprint density at radius 1 is 1.39 bits per heavy atom. The van der Waals surface area contributed by atoms with Crippen LogP contribution in [-0.4, -0.2) is 25.2 Å². The summed E-state index contributed by atoms with van der Waals surface area (Å²) in [6, 6.07) is 8.32. The number of hydrogen-bond donors (Lipinski definition) is 1. The van der Waals surface area contributed by atoms with Crippen molar-refractivity contribution in [2.45, 2.75) is 12.6 Å². The Bertz CT molecular complexity index is 416. The minimum Gasteiger partial charge on any atom is -0.467 e. The standard InChI is InChI=1S/C13H15NO4/c1-3-11(12(15)17-2)14-13(16)18-9-10-7-5-4-6-8-10/h3-8,11H,1,9H2,2H3,(H,14,16)/t11-/m1/s1. The smallest absolute Gasteiger partial charge is 0.408 e. The molecule has 1 atom stereocenters. The van der Waals surface area contributed by atoms with E-state index in [0.29, 0.717) is 0 Å². The van der Waals surface area contributed by atoms with E-state index in [1.165, 1.54) is 13.2 Å². The molecule has 0 spiro atoms. The number of carbonyl (C=O) groups is 2. The van der Waals surface area contributed by atoms with Crippen LogP contribution in [-0.2, 0) is 20.9 Å². The van der Waals surface area contributed by atoms with Gasteiger partial charge in [0.15, 0.2) is 0 Å². The highest BCUT2D eigenvalue weighted by Gasteiger charge is 2.18. The van der Waals surface area contributed by atoms with Gasteiger partial charge in [-0.05, 0) is 5.56 Å². The van der Waals surface area contributed by atoms with E-state index in [4.69, 9.17) is 4.74 Å². The Labute approximate surface area is 105 Å². The highest BCUT2D eigenvalue weighted by molar-refractivity contribution is 5.82. The van der Waals surface area contributed by atoms with Crippen LogP contribution in [0.2, 0.25) is 0 Å². The third kappa shape index (κ3) is 4.29. The van der Waals surface area contributed by atoms with Gasteiger partial charge in [-0.15, -0.1) is 6.58 Å². The van der Waals surface area contributed by atoms with Gasteiger partial charge in [0.2, 0.25) is 0 Å². The maximum atomic E-state index is 11.4. The molecule has 0 saturated heterocycles. The molecule has 0 radical (unpaired) electrons. The number of carbonyl (C=O) groups excluding carboxylic acids is 2. The minimum absolute atomic E-state index is 0.137. The highest BCUT2D eigenvalue weighted by atomic mass is 16.6. The van der Waals surface area contributed by atoms with Crippen LogP contribution < -0.4 is 5.32 Å². The predicted octanol–water partition coefficient (Wildman–Crippen LogP) is 1.64. The number of methoxy groups -OCH3 is 1. The van der Waals surface area contributed by atoms with Gasteiger partial charge in [-0.25, -0.2) is 9.59 Å². The first-order chi connectivity index (χ1) is 8.67. The summed E-state index contributed by atoms with van der Waals surface area (Å²) >= 11 is 0. The van der Waals surface area contributed by atoms with Gasteiger partial charge in [-0.3, -0.25) is 0 Å². The van der Waals surface area contributed by atoms with E-state index >= 15 is 0 Å². The SMILES string of the molecule is C=C[C@@H](NC(=O)OCc1ccccc1)C(=O)OC. The largest absolute Gasteiger partial charge is 0.467 e. The van der Waals surface area contributed by atoms with E-state index in [1.54, 1.807) is 0 Å². The summed E-state index contributed by atoms with van der Waals surface area (Å²) in [7, 11) is 1.23. The molecule has 18 heavy (non-hydrogen) atoms. The molecule has 0 bridgehead atoms. The summed E-state index contributed by atoms with van der Waals surface area (Å²) in [5.74, 6) is -0.596. The molecule has 1 N–H and O–H groups in total. The molecule has 1 aromatic carbocycles. The first-order valence-electron chi connectivity index (χ1n) is 5.35. The summed E-state index contributed by atoms with van der Waals surface area (Å²) < 4.78 is 9.44. The van der Waals surface area contributed by atoms with Gasteiger partial charge in [0.25, 0.3) is 0 Å². The Kier molecular flexibility index (Phi) is 5.44. The van der Waals surface area contributed by atoms with Crippen LogP contribution in [0, 0.1) is 0 Å². The van der Waals surface area contributed by atoms with Gasteiger partial charge < -0.3 is 14.8 Å². The number of rotatable bonds is 5. The monoisotopic (exact) mass is 249 g/mol. The number of amides is 1. The molecule has 0 saturated carbocycles. The number of benzene rings is 1. The zero-order valence-electron chi connectivity index (χ0n) is 10.1. The molecule has 1 rings (SSSR count). The molecule has 0 aliphatic carbocycles. The Hall–Kier alpha value is -2.30. The van der Waals surface area contributed by atoms with E-state index < -0.39 is 18.1 Å². The lowest BCUT2D eigenvalue weighted by Gasteiger charge is -2.12. The number of hydrogen-bond acceptors (Lipinski definition) is 4. The number of ether oxygens (including phenoxy) is 2. The molecule has 1 amide bonds. The van der Waals surface area contributed by atoms with Crippen LogP contribution in [0.1, 0.15) is 5.56 Å². The lowest BCUT2D eigenvalue weighted by molar-refractivity contribution is -0.141. The second-order valence-corrected chi connectivity index (χ2v) is 3.44. The summed E-state index contributed by atoms with van der Waals surface area (Å²) in [5, 5.41) is 2.33. The molecule has 0 fully saturated rings. The van der Waals surface area contributed by atoms with Gasteiger partial charge >= 0.3 is 12.1 Å². The molecule has 5 nitrogen and oxygen atoms in total. The molecule has 5 heteroatoms. The molecule has 96 valence electrons. The highest BCUT2D eigenvalue weighted by Crippen LogP contribution is 2.01. The maximum Gasteiger partial charge on any atom is 0.408 e. The van der Waals surface area contributed by atoms with E-state index in [1.807, 2.05) is 30.3 Å². The quantitative estimate of drug-likeness (QED) is 0.636. The van der Waals surface area contributed by atoms with Crippen molar-refractivity contribution in [2.24, 2.45) is 0 Å². The molecular weight excluding hydrogens is 234 g/mol. The van der Waals surface area contributed by atoms with E-state index in [-0.39, 0.29) is 6.61 Å². The van der Waals surface area contributed by atoms with Crippen LogP contribution in [0.4, 0.5) is 4.79 Å². The lowest BCUT2D eigenvalue weighted by atomic mass is 10.2. The van der Waals surface area contributed by atoms with Crippen LogP contribution in [0.5, 0.6) is 0 Å². The summed E-state index contributed by atoms with van der Waals surface area (Å²) in [6.45, 7) is 3.57. The molecular formula is C13H15NO4. The average molecular weight is 249 g/mol. The molecule has 0 unspecified atom stereocenters. The fourth-order valence-corrected chi connectivity index (χ4v) is 1.23. The van der Waals surface area contributed by atoms with Crippen molar-refractivity contribution in [2.75, 3.05) is 7.11 Å². The van der Waals surface area contributed by atoms with E-state index in [9.17, 15) is 9.59 Å². The third-order valence-electron chi connectivity index (χ3n) is 2.18. The summed E-state index contributed by atoms with van der Waals surface area (Å²) in [6.07, 6.45) is 0.574. The summed E-state index contributed by atoms with van der Waals surface area (Å²) in [5.41, 5.74) is 0.862. The fourth-order valence-electron chi connectivity index (χ4n) is 1.23. The zero-order chi connectivity index (χ0) is 13.4. The minimum atomic E-state index is -0.904. The van der Waals surface area contributed by atoms with Gasteiger partial charge in [0, 0.05) is 0 Å². The Morgan fingerprint density at radius 2 is 2.06 bits per heavy atom. The topological polar surface area (TPSA) is 64.6 Å². The van der Waals surface area contributed by atoms with Crippen LogP contribution >= 0.6 is 0 Å². The van der Waals surface area contributed by atoms with Gasteiger partial charge in [0.05, 0.1) is 7.11 Å². The maximum absolute atomic E-state index is 11.4. The van der Waals surface area contributed by atoms with Crippen molar-refractivity contribution in [3.05, 3.63) is 48.6 Å². The van der Waals surface area contributed by atoms with Crippen molar-refractivity contribution in [3.8, 4) is 0 Å². The number of nitrogens with one attached hydrogen (secondary N) is 1.